The van der Waals surface area contributed by atoms with E-state index in [1.54, 1.807) is 0 Å². The molecule has 2 bridgehead atoms. The number of imide groups is 1. The number of fused-ring (bicyclic) bond motifs is 1. The predicted octanol–water partition coefficient (Wildman–Crippen LogP) is 1.31. The maximum atomic E-state index is 12.8. The monoisotopic (exact) mass is 341 g/mol. The summed E-state index contributed by atoms with van der Waals surface area (Å²) in [6.45, 7) is 1.53. The highest BCUT2D eigenvalue weighted by Gasteiger charge is 2.58. The lowest BCUT2D eigenvalue weighted by molar-refractivity contribution is -0.146. The molecule has 4 aliphatic rings. The van der Waals surface area contributed by atoms with Gasteiger partial charge in [0.05, 0.1) is 11.8 Å². The number of allylic oxidation sites excluding steroid dienone is 2. The van der Waals surface area contributed by atoms with E-state index in [4.69, 9.17) is 0 Å². The summed E-state index contributed by atoms with van der Waals surface area (Å²) >= 11 is 0. The number of carbonyl (C=O) groups excluding carboxylic acids is 3. The van der Waals surface area contributed by atoms with Crippen LogP contribution in [0.25, 0.3) is 0 Å². The van der Waals surface area contributed by atoms with Gasteiger partial charge in [0.25, 0.3) is 0 Å². The normalized spacial score (nSPS) is 31.2. The molecular formula is C18H19N3O4. The van der Waals surface area contributed by atoms with E-state index in [0.29, 0.717) is 0 Å². The molecule has 130 valence electrons. The number of hydrogen-bond donors (Lipinski definition) is 2. The van der Waals surface area contributed by atoms with Crippen LogP contribution in [0.1, 0.15) is 19.8 Å². The van der Waals surface area contributed by atoms with E-state index in [1.165, 1.54) is 25.3 Å². The van der Waals surface area contributed by atoms with Crippen LogP contribution in [-0.4, -0.2) is 38.8 Å². The van der Waals surface area contributed by atoms with Crippen molar-refractivity contribution in [3.8, 4) is 5.75 Å². The van der Waals surface area contributed by atoms with E-state index >= 15 is 0 Å². The summed E-state index contributed by atoms with van der Waals surface area (Å²) in [5.74, 6) is -1.73. The number of aromatic hydroxyl groups is 1. The summed E-state index contributed by atoms with van der Waals surface area (Å²) in [4.78, 5) is 43.2. The van der Waals surface area contributed by atoms with E-state index in [9.17, 15) is 19.5 Å². The highest BCUT2D eigenvalue weighted by molar-refractivity contribution is 6.10. The van der Waals surface area contributed by atoms with Gasteiger partial charge in [-0.25, -0.2) is 4.98 Å². The topological polar surface area (TPSA) is 99.6 Å². The van der Waals surface area contributed by atoms with Crippen LogP contribution in [0.2, 0.25) is 0 Å². The van der Waals surface area contributed by atoms with Crippen LogP contribution in [0.15, 0.2) is 30.5 Å². The van der Waals surface area contributed by atoms with E-state index in [-0.39, 0.29) is 47.1 Å². The summed E-state index contributed by atoms with van der Waals surface area (Å²) in [6.07, 6.45) is 7.35. The number of anilines is 1. The zero-order valence-corrected chi connectivity index (χ0v) is 13.8. The Labute approximate surface area is 144 Å². The zero-order chi connectivity index (χ0) is 17.7. The van der Waals surface area contributed by atoms with Crippen LogP contribution in [0.4, 0.5) is 5.82 Å². The van der Waals surface area contributed by atoms with Gasteiger partial charge in [-0.15, -0.1) is 0 Å². The molecule has 1 aromatic rings. The van der Waals surface area contributed by atoms with Crippen molar-refractivity contribution in [2.24, 2.45) is 23.7 Å². The van der Waals surface area contributed by atoms with E-state index in [1.807, 2.05) is 12.2 Å². The van der Waals surface area contributed by atoms with E-state index in [0.717, 1.165) is 17.7 Å². The smallest absolute Gasteiger partial charge is 0.248 e. The van der Waals surface area contributed by atoms with Gasteiger partial charge in [-0.3, -0.25) is 19.3 Å². The number of aromatic nitrogens is 1. The molecule has 5 rings (SSSR count). The van der Waals surface area contributed by atoms with Gasteiger partial charge in [-0.05, 0) is 43.7 Å². The van der Waals surface area contributed by atoms with Crippen molar-refractivity contribution in [2.45, 2.75) is 25.8 Å². The molecule has 7 nitrogen and oxygen atoms in total. The Kier molecular flexibility index (Phi) is 3.59. The third kappa shape index (κ3) is 2.33. The van der Waals surface area contributed by atoms with Crippen molar-refractivity contribution in [1.29, 1.82) is 0 Å². The molecule has 5 unspecified atom stereocenters. The Morgan fingerprint density at radius 3 is 2.36 bits per heavy atom. The summed E-state index contributed by atoms with van der Waals surface area (Å²) in [7, 11) is 0. The van der Waals surface area contributed by atoms with E-state index < -0.39 is 11.9 Å². The molecule has 0 radical (unpaired) electrons. The van der Waals surface area contributed by atoms with Crippen molar-refractivity contribution in [3.63, 3.8) is 0 Å². The van der Waals surface area contributed by atoms with Gasteiger partial charge in [0.15, 0.2) is 11.6 Å². The Hall–Kier alpha value is -2.70. The fourth-order valence-electron chi connectivity index (χ4n) is 4.31. The number of nitrogens with one attached hydrogen (secondary N) is 1. The average Bonchev–Trinajstić information content (AvgIpc) is 2.90. The second kappa shape index (κ2) is 5.68. The molecular weight excluding hydrogens is 322 g/mol. The van der Waals surface area contributed by atoms with Gasteiger partial charge < -0.3 is 10.4 Å². The molecule has 1 aliphatic heterocycles. The predicted molar refractivity (Wildman–Crippen MR) is 88.2 cm³/mol. The van der Waals surface area contributed by atoms with Gasteiger partial charge in [-0.1, -0.05) is 12.2 Å². The Balaban J connectivity index is 1.55. The largest absolute Gasteiger partial charge is 0.504 e. The van der Waals surface area contributed by atoms with Crippen molar-refractivity contribution in [2.75, 3.05) is 5.32 Å². The summed E-state index contributed by atoms with van der Waals surface area (Å²) in [6, 6.07) is 1.98. The number of likely N-dealkylation sites (tertiary alicyclic amines) is 1. The van der Waals surface area contributed by atoms with E-state index in [2.05, 4.69) is 10.3 Å². The summed E-state index contributed by atoms with van der Waals surface area (Å²) < 4.78 is 0. The second-order valence-corrected chi connectivity index (χ2v) is 6.92. The van der Waals surface area contributed by atoms with Gasteiger partial charge in [0, 0.05) is 6.20 Å². The lowest BCUT2D eigenvalue weighted by Crippen LogP contribution is -2.46. The Bertz CT molecular complexity index is 758. The molecule has 2 N–H and O–H groups in total. The van der Waals surface area contributed by atoms with Crippen molar-refractivity contribution < 1.29 is 19.5 Å². The number of pyridine rings is 1. The number of amides is 3. The molecule has 0 aromatic carbocycles. The second-order valence-electron chi connectivity index (χ2n) is 6.92. The molecule has 2 heterocycles. The molecule has 3 amide bonds. The Morgan fingerprint density at radius 2 is 1.84 bits per heavy atom. The fourth-order valence-corrected chi connectivity index (χ4v) is 4.31. The molecule has 1 aromatic heterocycles. The standard InChI is InChI=1S/C18H19N3O4/c1-9(16(23)20-15-12(22)3-2-8-19-15)21-17(24)13-10-4-5-11(7-6-10)14(13)18(21)25/h2-5,8-11,13-14,22H,6-7H2,1H3,(H,19,20,23). The van der Waals surface area contributed by atoms with Gasteiger partial charge in [0.1, 0.15) is 6.04 Å². The third-order valence-electron chi connectivity index (χ3n) is 5.59. The first kappa shape index (κ1) is 15.8. The number of rotatable bonds is 3. The van der Waals surface area contributed by atoms with Crippen LogP contribution < -0.4 is 5.32 Å². The van der Waals surface area contributed by atoms with Crippen molar-refractivity contribution in [1.82, 2.24) is 9.88 Å². The molecule has 0 spiro atoms. The SMILES string of the molecule is CC(C(=O)Nc1ncccc1O)N1C(=O)C2C3C=CC(CC3)C2C1=O. The molecule has 3 aliphatic carbocycles. The van der Waals surface area contributed by atoms with Crippen LogP contribution in [0.5, 0.6) is 5.75 Å². The fraction of sp³-hybridized carbons (Fsp3) is 0.444. The number of nitrogens with zero attached hydrogens (tertiary/aromatic N) is 2. The first-order valence-electron chi connectivity index (χ1n) is 8.49. The van der Waals surface area contributed by atoms with Crippen LogP contribution >= 0.6 is 0 Å². The third-order valence-corrected chi connectivity index (χ3v) is 5.59. The maximum Gasteiger partial charge on any atom is 0.248 e. The van der Waals surface area contributed by atoms with Crippen molar-refractivity contribution >= 4 is 23.5 Å². The molecule has 1 saturated heterocycles. The Morgan fingerprint density at radius 1 is 1.24 bits per heavy atom. The van der Waals surface area contributed by atoms with Gasteiger partial charge >= 0.3 is 0 Å². The molecule has 5 atom stereocenters. The average molecular weight is 341 g/mol. The van der Waals surface area contributed by atoms with Gasteiger partial charge in [-0.2, -0.15) is 0 Å². The highest BCUT2D eigenvalue weighted by atomic mass is 16.3. The minimum atomic E-state index is -0.952. The minimum absolute atomic E-state index is 0.0117. The highest BCUT2D eigenvalue weighted by Crippen LogP contribution is 2.49. The van der Waals surface area contributed by atoms with Crippen LogP contribution in [-0.2, 0) is 14.4 Å². The van der Waals surface area contributed by atoms with Crippen molar-refractivity contribution in [3.05, 3.63) is 30.5 Å². The lowest BCUT2D eigenvalue weighted by Gasteiger charge is -2.38. The number of carbonyl (C=O) groups is 3. The quantitative estimate of drug-likeness (QED) is 0.638. The van der Waals surface area contributed by atoms with Gasteiger partial charge in [0.2, 0.25) is 17.7 Å². The van der Waals surface area contributed by atoms with Crippen LogP contribution in [0.3, 0.4) is 0 Å². The number of hydrogen-bond acceptors (Lipinski definition) is 5. The summed E-state index contributed by atoms with van der Waals surface area (Å²) in [5.41, 5.74) is 0. The molecule has 2 fully saturated rings. The first-order chi connectivity index (χ1) is 12.0. The van der Waals surface area contributed by atoms with Crippen LogP contribution in [0, 0.1) is 23.7 Å². The molecule has 7 heteroatoms. The first-order valence-corrected chi connectivity index (χ1v) is 8.49. The maximum absolute atomic E-state index is 12.8. The minimum Gasteiger partial charge on any atom is -0.504 e. The molecule has 1 saturated carbocycles. The molecule has 25 heavy (non-hydrogen) atoms. The zero-order valence-electron chi connectivity index (χ0n) is 13.8. The lowest BCUT2D eigenvalue weighted by atomic mass is 9.63. The summed E-state index contributed by atoms with van der Waals surface area (Å²) in [5, 5.41) is 12.2.